The summed E-state index contributed by atoms with van der Waals surface area (Å²) < 4.78 is 13.1. The number of pyridine rings is 1. The van der Waals surface area contributed by atoms with Gasteiger partial charge in [0.15, 0.2) is 0 Å². The first-order valence-electron chi connectivity index (χ1n) is 6.39. The number of nitrogens with zero attached hydrogens (tertiary/aromatic N) is 2. The fraction of sp³-hybridized carbons (Fsp3) is 0.538. The summed E-state index contributed by atoms with van der Waals surface area (Å²) in [6, 6.07) is 1.64. The molecule has 19 heavy (non-hydrogen) atoms. The van der Waals surface area contributed by atoms with Crippen molar-refractivity contribution in [2.75, 3.05) is 19.3 Å². The third-order valence-electron chi connectivity index (χ3n) is 3.67. The summed E-state index contributed by atoms with van der Waals surface area (Å²) in [5.41, 5.74) is 5.70. The lowest BCUT2D eigenvalue weighted by Gasteiger charge is -2.35. The second-order valence-electron chi connectivity index (χ2n) is 5.11. The van der Waals surface area contributed by atoms with Crippen molar-refractivity contribution in [3.05, 3.63) is 23.6 Å². The maximum atomic E-state index is 13.1. The molecule has 1 amide bonds. The molecule has 5 nitrogen and oxygen atoms in total. The van der Waals surface area contributed by atoms with Crippen molar-refractivity contribution >= 4 is 11.7 Å². The van der Waals surface area contributed by atoms with Gasteiger partial charge in [-0.15, -0.1) is 0 Å². The molecule has 6 heteroatoms. The van der Waals surface area contributed by atoms with Crippen molar-refractivity contribution in [2.45, 2.75) is 31.8 Å². The first kappa shape index (κ1) is 13.7. The zero-order chi connectivity index (χ0) is 14.0. The Balaban J connectivity index is 2.03. The van der Waals surface area contributed by atoms with Crippen LogP contribution in [0.3, 0.4) is 0 Å². The fourth-order valence-electron chi connectivity index (χ4n) is 2.32. The minimum Gasteiger partial charge on any atom is -0.383 e. The number of hydrogen-bond acceptors (Lipinski definition) is 4. The molecule has 3 N–H and O–H groups in total. The van der Waals surface area contributed by atoms with Crippen LogP contribution >= 0.6 is 0 Å². The van der Waals surface area contributed by atoms with Crippen LogP contribution < -0.4 is 11.1 Å². The molecule has 0 aromatic carbocycles. The van der Waals surface area contributed by atoms with Gasteiger partial charge in [-0.2, -0.15) is 0 Å². The van der Waals surface area contributed by atoms with E-state index in [1.165, 1.54) is 0 Å². The maximum absolute atomic E-state index is 13.1. The Morgan fingerprint density at radius 2 is 2.37 bits per heavy atom. The SMILES string of the molecule is CC1CC(NC(=O)c2cc(F)cnc2N)CCN1C. The van der Waals surface area contributed by atoms with Gasteiger partial charge in [0.25, 0.3) is 5.91 Å². The summed E-state index contributed by atoms with van der Waals surface area (Å²) in [6.45, 7) is 3.05. The van der Waals surface area contributed by atoms with E-state index in [1.54, 1.807) is 0 Å². The van der Waals surface area contributed by atoms with E-state index in [2.05, 4.69) is 29.2 Å². The predicted octanol–water partition coefficient (Wildman–Crippen LogP) is 1.02. The Morgan fingerprint density at radius 1 is 1.63 bits per heavy atom. The van der Waals surface area contributed by atoms with Crippen molar-refractivity contribution < 1.29 is 9.18 Å². The number of rotatable bonds is 2. The number of nitrogens with two attached hydrogens (primary N) is 1. The van der Waals surface area contributed by atoms with Gasteiger partial charge in [-0.3, -0.25) is 4.79 Å². The van der Waals surface area contributed by atoms with Gasteiger partial charge in [0, 0.05) is 18.6 Å². The van der Waals surface area contributed by atoms with Crippen LogP contribution in [0.2, 0.25) is 0 Å². The molecule has 1 fully saturated rings. The number of nitrogens with one attached hydrogen (secondary N) is 1. The number of carbonyl (C=O) groups excluding carboxylic acids is 1. The van der Waals surface area contributed by atoms with Gasteiger partial charge in [-0.1, -0.05) is 0 Å². The molecule has 1 saturated heterocycles. The van der Waals surface area contributed by atoms with Gasteiger partial charge in [0.05, 0.1) is 11.8 Å². The van der Waals surface area contributed by atoms with Crippen LogP contribution in [0.4, 0.5) is 10.2 Å². The lowest BCUT2D eigenvalue weighted by molar-refractivity contribution is 0.0896. The van der Waals surface area contributed by atoms with Gasteiger partial charge < -0.3 is 16.0 Å². The molecule has 2 heterocycles. The van der Waals surface area contributed by atoms with Crippen LogP contribution in [0.1, 0.15) is 30.1 Å². The number of hydrogen-bond donors (Lipinski definition) is 2. The summed E-state index contributed by atoms with van der Waals surface area (Å²) in [5.74, 6) is -0.859. The predicted molar refractivity (Wildman–Crippen MR) is 71.2 cm³/mol. The Bertz CT molecular complexity index is 480. The standard InChI is InChI=1S/C13H19FN4O/c1-8-5-10(3-4-18(8)2)17-13(19)11-6-9(14)7-16-12(11)15/h6-8,10H,3-5H2,1-2H3,(H2,15,16)(H,17,19). The van der Waals surface area contributed by atoms with Gasteiger partial charge in [-0.25, -0.2) is 9.37 Å². The van der Waals surface area contributed by atoms with Crippen LogP contribution in [-0.2, 0) is 0 Å². The number of anilines is 1. The molecule has 2 unspecified atom stereocenters. The zero-order valence-electron chi connectivity index (χ0n) is 11.2. The van der Waals surface area contributed by atoms with Gasteiger partial charge in [-0.05, 0) is 32.9 Å². The van der Waals surface area contributed by atoms with E-state index in [0.717, 1.165) is 31.6 Å². The molecule has 0 radical (unpaired) electrons. The zero-order valence-corrected chi connectivity index (χ0v) is 11.2. The first-order chi connectivity index (χ1) is 8.97. The van der Waals surface area contributed by atoms with E-state index in [9.17, 15) is 9.18 Å². The molecule has 2 atom stereocenters. The highest BCUT2D eigenvalue weighted by molar-refractivity contribution is 5.98. The molecule has 0 spiro atoms. The monoisotopic (exact) mass is 266 g/mol. The number of aromatic nitrogens is 1. The minimum atomic E-state index is -0.559. The number of piperidine rings is 1. The van der Waals surface area contributed by atoms with E-state index in [4.69, 9.17) is 5.73 Å². The Labute approximate surface area is 112 Å². The highest BCUT2D eigenvalue weighted by Gasteiger charge is 2.25. The highest BCUT2D eigenvalue weighted by atomic mass is 19.1. The molecule has 1 aromatic rings. The molecular formula is C13H19FN4O. The lowest BCUT2D eigenvalue weighted by Crippen LogP contribution is -2.47. The number of halogens is 1. The molecule has 1 aliphatic heterocycles. The molecule has 0 aliphatic carbocycles. The molecule has 104 valence electrons. The van der Waals surface area contributed by atoms with Crippen molar-refractivity contribution in [3.8, 4) is 0 Å². The van der Waals surface area contributed by atoms with Gasteiger partial charge >= 0.3 is 0 Å². The largest absolute Gasteiger partial charge is 0.383 e. The van der Waals surface area contributed by atoms with E-state index in [1.807, 2.05) is 0 Å². The van der Waals surface area contributed by atoms with Crippen molar-refractivity contribution in [3.63, 3.8) is 0 Å². The number of carbonyl (C=O) groups is 1. The molecule has 0 saturated carbocycles. The number of amides is 1. The quantitative estimate of drug-likeness (QED) is 0.838. The summed E-state index contributed by atoms with van der Waals surface area (Å²) in [5, 5.41) is 2.90. The normalized spacial score (nSPS) is 24.2. The smallest absolute Gasteiger partial charge is 0.255 e. The summed E-state index contributed by atoms with van der Waals surface area (Å²) in [4.78, 5) is 18.0. The van der Waals surface area contributed by atoms with Crippen LogP contribution in [0.25, 0.3) is 0 Å². The maximum Gasteiger partial charge on any atom is 0.255 e. The third kappa shape index (κ3) is 3.20. The Hall–Kier alpha value is -1.69. The second-order valence-corrected chi connectivity index (χ2v) is 5.11. The van der Waals surface area contributed by atoms with Crippen LogP contribution in [0.15, 0.2) is 12.3 Å². The van der Waals surface area contributed by atoms with E-state index >= 15 is 0 Å². The average molecular weight is 266 g/mol. The summed E-state index contributed by atoms with van der Waals surface area (Å²) >= 11 is 0. The van der Waals surface area contributed by atoms with Crippen molar-refractivity contribution in [1.82, 2.24) is 15.2 Å². The Morgan fingerprint density at radius 3 is 3.05 bits per heavy atom. The van der Waals surface area contributed by atoms with E-state index < -0.39 is 5.82 Å². The Kier molecular flexibility index (Phi) is 3.99. The highest BCUT2D eigenvalue weighted by Crippen LogP contribution is 2.17. The number of likely N-dealkylation sites (tertiary alicyclic amines) is 1. The third-order valence-corrected chi connectivity index (χ3v) is 3.67. The summed E-state index contributed by atoms with van der Waals surface area (Å²) in [7, 11) is 2.07. The number of nitrogen functional groups attached to an aromatic ring is 1. The topological polar surface area (TPSA) is 71.2 Å². The van der Waals surface area contributed by atoms with Crippen LogP contribution in [0.5, 0.6) is 0 Å². The van der Waals surface area contributed by atoms with Crippen LogP contribution in [-0.4, -0.2) is 41.5 Å². The fourth-order valence-corrected chi connectivity index (χ4v) is 2.32. The van der Waals surface area contributed by atoms with E-state index in [-0.39, 0.29) is 23.3 Å². The van der Waals surface area contributed by atoms with Crippen molar-refractivity contribution in [2.24, 2.45) is 0 Å². The lowest BCUT2D eigenvalue weighted by atomic mass is 9.98. The van der Waals surface area contributed by atoms with Gasteiger partial charge in [0.2, 0.25) is 0 Å². The van der Waals surface area contributed by atoms with Crippen LogP contribution in [0, 0.1) is 5.82 Å². The molecule has 2 rings (SSSR count). The molecule has 0 bridgehead atoms. The first-order valence-corrected chi connectivity index (χ1v) is 6.39. The average Bonchev–Trinajstić information content (AvgIpc) is 2.36. The van der Waals surface area contributed by atoms with Gasteiger partial charge in [0.1, 0.15) is 11.6 Å². The molecular weight excluding hydrogens is 247 g/mol. The molecule has 1 aliphatic rings. The van der Waals surface area contributed by atoms with E-state index in [0.29, 0.717) is 6.04 Å². The summed E-state index contributed by atoms with van der Waals surface area (Å²) in [6.07, 6.45) is 2.77. The minimum absolute atomic E-state index is 0.0554. The van der Waals surface area contributed by atoms with Crippen molar-refractivity contribution in [1.29, 1.82) is 0 Å². The molecule has 1 aromatic heterocycles. The second kappa shape index (κ2) is 5.52.